The van der Waals surface area contributed by atoms with Gasteiger partial charge in [-0.1, -0.05) is 42.5 Å². The lowest BCUT2D eigenvalue weighted by Gasteiger charge is -2.27. The molecule has 6 heteroatoms. The van der Waals surface area contributed by atoms with E-state index in [1.54, 1.807) is 12.1 Å². The molecule has 2 aromatic carbocycles. The number of carbonyl (C=O) groups excluding carboxylic acids is 1. The molecule has 1 heterocycles. The maximum atomic E-state index is 13.4. The van der Waals surface area contributed by atoms with Crippen molar-refractivity contribution in [2.75, 3.05) is 13.1 Å². The first kappa shape index (κ1) is 19.8. The Morgan fingerprint density at radius 3 is 2.37 bits per heavy atom. The molecule has 1 amide bonds. The van der Waals surface area contributed by atoms with Crippen LogP contribution in [0.2, 0.25) is 0 Å². The fourth-order valence-electron chi connectivity index (χ4n) is 3.81. The molecular formula is C21H25ClFN3O. The van der Waals surface area contributed by atoms with Crippen LogP contribution in [-0.4, -0.2) is 36.0 Å². The van der Waals surface area contributed by atoms with Crippen molar-refractivity contribution in [3.05, 3.63) is 71.5 Å². The molecule has 0 spiro atoms. The predicted octanol–water partition coefficient (Wildman–Crippen LogP) is 2.99. The fourth-order valence-corrected chi connectivity index (χ4v) is 3.81. The molecule has 1 unspecified atom stereocenters. The van der Waals surface area contributed by atoms with Crippen LogP contribution < -0.4 is 11.1 Å². The van der Waals surface area contributed by atoms with Gasteiger partial charge in [0.1, 0.15) is 11.9 Å². The Balaban J connectivity index is 0.00000210. The van der Waals surface area contributed by atoms with E-state index in [1.807, 2.05) is 18.2 Å². The van der Waals surface area contributed by atoms with Crippen molar-refractivity contribution in [2.45, 2.75) is 36.9 Å². The van der Waals surface area contributed by atoms with Gasteiger partial charge in [-0.05, 0) is 36.1 Å². The molecule has 4 nitrogen and oxygen atoms in total. The van der Waals surface area contributed by atoms with Crippen LogP contribution in [0.4, 0.5) is 4.39 Å². The monoisotopic (exact) mass is 389 g/mol. The molecule has 144 valence electrons. The van der Waals surface area contributed by atoms with Gasteiger partial charge < -0.3 is 11.1 Å². The van der Waals surface area contributed by atoms with Crippen molar-refractivity contribution in [3.8, 4) is 0 Å². The van der Waals surface area contributed by atoms with Gasteiger partial charge >= 0.3 is 0 Å². The molecule has 4 rings (SSSR count). The number of amides is 1. The summed E-state index contributed by atoms with van der Waals surface area (Å²) < 4.78 is 13.4. The number of rotatable bonds is 5. The van der Waals surface area contributed by atoms with Gasteiger partial charge in [-0.3, -0.25) is 9.69 Å². The minimum absolute atomic E-state index is 0. The molecule has 2 aromatic rings. The predicted molar refractivity (Wildman–Crippen MR) is 106 cm³/mol. The van der Waals surface area contributed by atoms with Gasteiger partial charge in [0.2, 0.25) is 5.91 Å². The van der Waals surface area contributed by atoms with Crippen molar-refractivity contribution in [3.63, 3.8) is 0 Å². The second-order valence-electron chi connectivity index (χ2n) is 7.37. The number of carbonyl (C=O) groups is 1. The van der Waals surface area contributed by atoms with Crippen LogP contribution in [0.25, 0.3) is 0 Å². The Kier molecular flexibility index (Phi) is 6.15. The molecule has 2 aliphatic rings. The number of nitrogens with two attached hydrogens (primary N) is 1. The Morgan fingerprint density at radius 1 is 1.07 bits per heavy atom. The van der Waals surface area contributed by atoms with Gasteiger partial charge in [0, 0.05) is 31.1 Å². The third-order valence-corrected chi connectivity index (χ3v) is 5.34. The summed E-state index contributed by atoms with van der Waals surface area (Å²) in [7, 11) is 0. The summed E-state index contributed by atoms with van der Waals surface area (Å²) in [6, 6.07) is 16.2. The molecule has 2 fully saturated rings. The summed E-state index contributed by atoms with van der Waals surface area (Å²) in [6.07, 6.45) is 2.07. The summed E-state index contributed by atoms with van der Waals surface area (Å²) >= 11 is 0. The summed E-state index contributed by atoms with van der Waals surface area (Å²) in [4.78, 5) is 15.1. The summed E-state index contributed by atoms with van der Waals surface area (Å²) in [6.45, 7) is 1.35. The van der Waals surface area contributed by atoms with E-state index >= 15 is 0 Å². The lowest BCUT2D eigenvalue weighted by atomic mass is 9.95. The lowest BCUT2D eigenvalue weighted by Crippen LogP contribution is -2.41. The van der Waals surface area contributed by atoms with E-state index in [4.69, 9.17) is 5.73 Å². The molecule has 3 N–H and O–H groups in total. The van der Waals surface area contributed by atoms with Crippen LogP contribution in [-0.2, 0) is 4.79 Å². The third-order valence-electron chi connectivity index (χ3n) is 5.34. The second-order valence-corrected chi connectivity index (χ2v) is 7.37. The Hall–Kier alpha value is -1.95. The molecule has 1 aliphatic heterocycles. The van der Waals surface area contributed by atoms with Gasteiger partial charge in [0.25, 0.3) is 0 Å². The van der Waals surface area contributed by atoms with E-state index in [2.05, 4.69) is 22.3 Å². The summed E-state index contributed by atoms with van der Waals surface area (Å²) in [5, 5.41) is 3.10. The van der Waals surface area contributed by atoms with Gasteiger partial charge in [-0.15, -0.1) is 12.4 Å². The standard InChI is InChI=1S/C21H24FN3O.ClH/c22-16-8-6-15(7-9-16)20(21(26)24-17-10-11-17)25-12-18(19(23)13-25)14-4-2-1-3-5-14;/h1-9,17-20H,10-13,23H2,(H,24,26);1H/t18-,19+,20?;/m0./s1. The fraction of sp³-hybridized carbons (Fsp3) is 0.381. The van der Waals surface area contributed by atoms with Crippen molar-refractivity contribution < 1.29 is 9.18 Å². The summed E-state index contributed by atoms with van der Waals surface area (Å²) in [5.74, 6) is -0.122. The van der Waals surface area contributed by atoms with E-state index in [9.17, 15) is 9.18 Å². The number of hydrogen-bond acceptors (Lipinski definition) is 3. The number of hydrogen-bond donors (Lipinski definition) is 2. The smallest absolute Gasteiger partial charge is 0.242 e. The number of likely N-dealkylation sites (tertiary alicyclic amines) is 1. The first-order valence-corrected chi connectivity index (χ1v) is 9.22. The Morgan fingerprint density at radius 2 is 1.74 bits per heavy atom. The van der Waals surface area contributed by atoms with Crippen molar-refractivity contribution >= 4 is 18.3 Å². The average molecular weight is 390 g/mol. The third kappa shape index (κ3) is 4.49. The molecule has 27 heavy (non-hydrogen) atoms. The topological polar surface area (TPSA) is 58.4 Å². The molecule has 1 saturated carbocycles. The molecule has 1 saturated heterocycles. The number of nitrogens with one attached hydrogen (secondary N) is 1. The largest absolute Gasteiger partial charge is 0.352 e. The minimum atomic E-state index is -0.434. The normalized spacial score (nSPS) is 23.5. The molecule has 0 radical (unpaired) electrons. The number of benzene rings is 2. The van der Waals surface area contributed by atoms with Gasteiger partial charge in [-0.2, -0.15) is 0 Å². The van der Waals surface area contributed by atoms with Crippen LogP contribution >= 0.6 is 12.4 Å². The Bertz CT molecular complexity index is 767. The highest BCUT2D eigenvalue weighted by Crippen LogP contribution is 2.33. The molecular weight excluding hydrogens is 365 g/mol. The van der Waals surface area contributed by atoms with Gasteiger partial charge in [0.05, 0.1) is 0 Å². The lowest BCUT2D eigenvalue weighted by molar-refractivity contribution is -0.126. The van der Waals surface area contributed by atoms with Crippen LogP contribution in [0, 0.1) is 5.82 Å². The van der Waals surface area contributed by atoms with Gasteiger partial charge in [-0.25, -0.2) is 4.39 Å². The van der Waals surface area contributed by atoms with Crippen LogP contribution in [0.1, 0.15) is 35.9 Å². The maximum Gasteiger partial charge on any atom is 0.242 e. The zero-order valence-electron chi connectivity index (χ0n) is 15.1. The van der Waals surface area contributed by atoms with E-state index in [0.717, 1.165) is 18.4 Å². The average Bonchev–Trinajstić information content (AvgIpc) is 3.37. The highest BCUT2D eigenvalue weighted by atomic mass is 35.5. The maximum absolute atomic E-state index is 13.4. The minimum Gasteiger partial charge on any atom is -0.352 e. The molecule has 0 aromatic heterocycles. The number of nitrogens with zero attached hydrogens (tertiary/aromatic N) is 1. The van der Waals surface area contributed by atoms with Crippen molar-refractivity contribution in [2.24, 2.45) is 5.73 Å². The molecule has 0 bridgehead atoms. The van der Waals surface area contributed by atoms with Crippen LogP contribution in [0.5, 0.6) is 0 Å². The SMILES string of the molecule is Cl.N[C@@H]1CN(C(C(=O)NC2CC2)c2ccc(F)cc2)C[C@H]1c1ccccc1. The first-order valence-electron chi connectivity index (χ1n) is 9.22. The van der Waals surface area contributed by atoms with E-state index < -0.39 is 6.04 Å². The van der Waals surface area contributed by atoms with Gasteiger partial charge in [0.15, 0.2) is 0 Å². The van der Waals surface area contributed by atoms with Crippen LogP contribution in [0.15, 0.2) is 54.6 Å². The van der Waals surface area contributed by atoms with E-state index in [1.165, 1.54) is 17.7 Å². The van der Waals surface area contributed by atoms with E-state index in [-0.39, 0.29) is 42.1 Å². The summed E-state index contributed by atoms with van der Waals surface area (Å²) in [5.41, 5.74) is 8.43. The second kappa shape index (κ2) is 8.38. The zero-order valence-corrected chi connectivity index (χ0v) is 15.9. The zero-order chi connectivity index (χ0) is 18.1. The first-order chi connectivity index (χ1) is 12.6. The quantitative estimate of drug-likeness (QED) is 0.826. The molecule has 3 atom stereocenters. The highest BCUT2D eigenvalue weighted by molar-refractivity contribution is 5.85. The van der Waals surface area contributed by atoms with Crippen LogP contribution in [0.3, 0.4) is 0 Å². The highest BCUT2D eigenvalue weighted by Gasteiger charge is 2.39. The number of halogens is 2. The Labute approximate surface area is 165 Å². The van der Waals surface area contributed by atoms with Crippen molar-refractivity contribution in [1.82, 2.24) is 10.2 Å². The van der Waals surface area contributed by atoms with E-state index in [0.29, 0.717) is 13.1 Å². The van der Waals surface area contributed by atoms with Crippen molar-refractivity contribution in [1.29, 1.82) is 0 Å². The molecule has 1 aliphatic carbocycles.